The predicted molar refractivity (Wildman–Crippen MR) is 128 cm³/mol. The minimum absolute atomic E-state index is 0.135. The highest BCUT2D eigenvalue weighted by molar-refractivity contribution is 6.34. The van der Waals surface area contributed by atoms with Gasteiger partial charge in [-0.3, -0.25) is 9.69 Å². The van der Waals surface area contributed by atoms with Gasteiger partial charge in [-0.05, 0) is 73.0 Å². The van der Waals surface area contributed by atoms with E-state index in [2.05, 4.69) is 0 Å². The molecule has 0 fully saturated rings. The molecular formula is C25H24Cl2N2O3. The minimum atomic E-state index is -0.569. The number of fused-ring (bicyclic) bond motifs is 1. The van der Waals surface area contributed by atoms with Gasteiger partial charge in [0.15, 0.2) is 11.9 Å². The fourth-order valence-corrected chi connectivity index (χ4v) is 4.36. The molecule has 0 aromatic heterocycles. The van der Waals surface area contributed by atoms with Crippen LogP contribution in [0.15, 0.2) is 60.7 Å². The van der Waals surface area contributed by atoms with Crippen LogP contribution in [0, 0.1) is 0 Å². The van der Waals surface area contributed by atoms with Crippen molar-refractivity contribution in [2.75, 3.05) is 11.4 Å². The van der Waals surface area contributed by atoms with Crippen molar-refractivity contribution in [1.29, 1.82) is 0 Å². The van der Waals surface area contributed by atoms with Gasteiger partial charge in [0.2, 0.25) is 0 Å². The van der Waals surface area contributed by atoms with Crippen LogP contribution in [0.1, 0.15) is 24.5 Å². The molecule has 3 aromatic rings. The second-order valence-electron chi connectivity index (χ2n) is 7.61. The molecule has 1 amide bonds. The summed E-state index contributed by atoms with van der Waals surface area (Å²) in [6.07, 6.45) is 0.739. The lowest BCUT2D eigenvalue weighted by Gasteiger charge is -2.35. The van der Waals surface area contributed by atoms with Crippen molar-refractivity contribution >= 4 is 34.8 Å². The Bertz CT molecular complexity index is 1120. The van der Waals surface area contributed by atoms with Gasteiger partial charge >= 0.3 is 0 Å². The van der Waals surface area contributed by atoms with Crippen molar-refractivity contribution in [2.45, 2.75) is 32.4 Å². The van der Waals surface area contributed by atoms with Crippen molar-refractivity contribution in [3.05, 3.63) is 81.8 Å². The van der Waals surface area contributed by atoms with Crippen LogP contribution in [0.4, 0.5) is 5.69 Å². The zero-order valence-electron chi connectivity index (χ0n) is 17.7. The summed E-state index contributed by atoms with van der Waals surface area (Å²) in [5, 5.41) is 1.03. The average Bonchev–Trinajstić information content (AvgIpc) is 2.75. The first-order valence-electron chi connectivity index (χ1n) is 10.5. The summed E-state index contributed by atoms with van der Waals surface area (Å²) in [5.41, 5.74) is 8.17. The number of carbonyl (C=O) groups is 1. The van der Waals surface area contributed by atoms with Crippen LogP contribution in [-0.4, -0.2) is 18.6 Å². The van der Waals surface area contributed by atoms with Crippen LogP contribution < -0.4 is 20.1 Å². The summed E-state index contributed by atoms with van der Waals surface area (Å²) >= 11 is 12.4. The molecule has 166 valence electrons. The molecule has 5 nitrogen and oxygen atoms in total. The van der Waals surface area contributed by atoms with Gasteiger partial charge in [0, 0.05) is 10.0 Å². The number of para-hydroxylation sites is 1. The Balaban J connectivity index is 1.74. The van der Waals surface area contributed by atoms with Gasteiger partial charge in [0.25, 0.3) is 5.91 Å². The van der Waals surface area contributed by atoms with Crippen molar-refractivity contribution in [2.24, 2.45) is 5.73 Å². The van der Waals surface area contributed by atoms with Crippen LogP contribution in [-0.2, 0) is 17.8 Å². The topological polar surface area (TPSA) is 64.8 Å². The van der Waals surface area contributed by atoms with Crippen LogP contribution in [0.5, 0.6) is 17.2 Å². The van der Waals surface area contributed by atoms with E-state index in [-0.39, 0.29) is 5.91 Å². The number of amides is 1. The number of nitrogens with two attached hydrogens (primary N) is 1. The van der Waals surface area contributed by atoms with Gasteiger partial charge in [0.05, 0.1) is 6.54 Å². The zero-order chi connectivity index (χ0) is 22.7. The van der Waals surface area contributed by atoms with E-state index in [1.807, 2.05) is 49.4 Å². The van der Waals surface area contributed by atoms with E-state index in [4.69, 9.17) is 38.4 Å². The molecule has 0 bridgehead atoms. The highest BCUT2D eigenvalue weighted by atomic mass is 35.5. The number of ether oxygens (including phenoxy) is 2. The first kappa shape index (κ1) is 22.5. The van der Waals surface area contributed by atoms with Gasteiger partial charge < -0.3 is 15.2 Å². The third kappa shape index (κ3) is 4.85. The van der Waals surface area contributed by atoms with E-state index < -0.39 is 6.10 Å². The third-order valence-electron chi connectivity index (χ3n) is 5.24. The molecule has 0 aliphatic carbocycles. The largest absolute Gasteiger partial charge is 0.478 e. The second kappa shape index (κ2) is 9.82. The van der Waals surface area contributed by atoms with Crippen LogP contribution >= 0.6 is 23.2 Å². The third-order valence-corrected chi connectivity index (χ3v) is 5.67. The van der Waals surface area contributed by atoms with E-state index in [9.17, 15) is 4.79 Å². The molecular weight excluding hydrogens is 447 g/mol. The smallest absolute Gasteiger partial charge is 0.268 e. The molecule has 2 N–H and O–H groups in total. The zero-order valence-corrected chi connectivity index (χ0v) is 19.2. The number of benzene rings is 3. The van der Waals surface area contributed by atoms with Crippen LogP contribution in [0.2, 0.25) is 10.0 Å². The molecule has 3 aromatic carbocycles. The Kier molecular flexibility index (Phi) is 6.89. The fraction of sp³-hybridized carbons (Fsp3) is 0.240. The number of nitrogens with zero attached hydrogens (tertiary/aromatic N) is 1. The minimum Gasteiger partial charge on any atom is -0.478 e. The lowest BCUT2D eigenvalue weighted by Crippen LogP contribution is -2.45. The monoisotopic (exact) mass is 470 g/mol. The maximum Gasteiger partial charge on any atom is 0.268 e. The standard InChI is InChI=1S/C25H24Cl2N2O3/c1-2-21-25(30)29(15-17-11-18(26)14-19(27)12-17)24-22(7-4-8-23(24)32-21)31-20-6-3-5-16(13-20)9-10-28/h3-8,11-14,21H,2,9-10,15,28H2,1H3. The predicted octanol–water partition coefficient (Wildman–Crippen LogP) is 5.99. The molecule has 4 rings (SSSR count). The number of halogens is 2. The Morgan fingerprint density at radius 2 is 1.78 bits per heavy atom. The molecule has 32 heavy (non-hydrogen) atoms. The Morgan fingerprint density at radius 1 is 1.03 bits per heavy atom. The number of rotatable bonds is 7. The SMILES string of the molecule is CCC1Oc2cccc(Oc3cccc(CCN)c3)c2N(Cc2cc(Cl)cc(Cl)c2)C1=O. The summed E-state index contributed by atoms with van der Waals surface area (Å²) in [6, 6.07) is 18.6. The second-order valence-corrected chi connectivity index (χ2v) is 8.48. The number of hydrogen-bond acceptors (Lipinski definition) is 4. The summed E-state index contributed by atoms with van der Waals surface area (Å²) < 4.78 is 12.2. The van der Waals surface area contributed by atoms with Crippen LogP contribution in [0.25, 0.3) is 0 Å². The molecule has 0 spiro atoms. The Morgan fingerprint density at radius 3 is 2.50 bits per heavy atom. The maximum atomic E-state index is 13.3. The molecule has 1 aliphatic heterocycles. The van der Waals surface area contributed by atoms with Gasteiger partial charge in [-0.15, -0.1) is 0 Å². The lowest BCUT2D eigenvalue weighted by atomic mass is 10.1. The van der Waals surface area contributed by atoms with Crippen molar-refractivity contribution in [1.82, 2.24) is 0 Å². The first-order valence-corrected chi connectivity index (χ1v) is 11.3. The fourth-order valence-electron chi connectivity index (χ4n) is 3.79. The highest BCUT2D eigenvalue weighted by Crippen LogP contribution is 2.44. The van der Waals surface area contributed by atoms with Crippen molar-refractivity contribution in [3.8, 4) is 17.2 Å². The number of hydrogen-bond donors (Lipinski definition) is 1. The molecule has 1 aliphatic rings. The maximum absolute atomic E-state index is 13.3. The number of carbonyl (C=O) groups excluding carboxylic acids is 1. The molecule has 1 heterocycles. The number of anilines is 1. The van der Waals surface area contributed by atoms with Gasteiger partial charge in [-0.2, -0.15) is 0 Å². The molecule has 0 radical (unpaired) electrons. The van der Waals surface area contributed by atoms with Gasteiger partial charge in [-0.1, -0.05) is 48.3 Å². The van der Waals surface area contributed by atoms with Crippen LogP contribution in [0.3, 0.4) is 0 Å². The summed E-state index contributed by atoms with van der Waals surface area (Å²) in [6.45, 7) is 2.77. The average molecular weight is 471 g/mol. The lowest BCUT2D eigenvalue weighted by molar-refractivity contribution is -0.126. The Hall–Kier alpha value is -2.73. The summed E-state index contributed by atoms with van der Waals surface area (Å²) in [7, 11) is 0. The molecule has 0 saturated heterocycles. The van der Waals surface area contributed by atoms with Crippen molar-refractivity contribution < 1.29 is 14.3 Å². The van der Waals surface area contributed by atoms with Gasteiger partial charge in [-0.25, -0.2) is 0 Å². The highest BCUT2D eigenvalue weighted by Gasteiger charge is 2.35. The van der Waals surface area contributed by atoms with E-state index >= 15 is 0 Å². The molecule has 7 heteroatoms. The summed E-state index contributed by atoms with van der Waals surface area (Å²) in [5.74, 6) is 1.66. The van der Waals surface area contributed by atoms with E-state index in [1.54, 1.807) is 23.1 Å². The van der Waals surface area contributed by atoms with Crippen molar-refractivity contribution in [3.63, 3.8) is 0 Å². The molecule has 0 saturated carbocycles. The summed E-state index contributed by atoms with van der Waals surface area (Å²) in [4.78, 5) is 15.0. The van der Waals surface area contributed by atoms with E-state index in [0.717, 1.165) is 17.5 Å². The first-order chi connectivity index (χ1) is 15.5. The normalized spacial score (nSPS) is 15.3. The Labute approximate surface area is 197 Å². The molecule has 1 atom stereocenters. The quantitative estimate of drug-likeness (QED) is 0.460. The van der Waals surface area contributed by atoms with E-state index in [0.29, 0.717) is 52.5 Å². The molecule has 1 unspecified atom stereocenters. The van der Waals surface area contributed by atoms with Gasteiger partial charge in [0.1, 0.15) is 17.2 Å². The van der Waals surface area contributed by atoms with E-state index in [1.165, 1.54) is 0 Å².